The number of benzene rings is 1. The second-order valence-electron chi connectivity index (χ2n) is 3.62. The van der Waals surface area contributed by atoms with E-state index >= 15 is 0 Å². The lowest BCUT2D eigenvalue weighted by Crippen LogP contribution is -1.88. The van der Waals surface area contributed by atoms with Crippen LogP contribution in [0.4, 0.5) is 0 Å². The number of thioether (sulfide) groups is 1. The van der Waals surface area contributed by atoms with Gasteiger partial charge in [-0.15, -0.1) is 16.9 Å². The molecule has 2 aromatic heterocycles. The number of aromatic nitrogens is 4. The van der Waals surface area contributed by atoms with E-state index in [4.69, 9.17) is 0 Å². The van der Waals surface area contributed by atoms with Crippen LogP contribution in [0.5, 0.6) is 0 Å². The summed E-state index contributed by atoms with van der Waals surface area (Å²) in [5.41, 5.74) is 1.90. The van der Waals surface area contributed by atoms with Crippen LogP contribution in [0.1, 0.15) is 6.92 Å². The van der Waals surface area contributed by atoms with Crippen LogP contribution in [0.25, 0.3) is 17.0 Å². The Bertz CT molecular complexity index is 595. The number of nitrogens with zero attached hydrogens (tertiary/aromatic N) is 3. The first kappa shape index (κ1) is 10.4. The van der Waals surface area contributed by atoms with Gasteiger partial charge in [0.25, 0.3) is 0 Å². The van der Waals surface area contributed by atoms with E-state index in [9.17, 15) is 0 Å². The third-order valence-electron chi connectivity index (χ3n) is 2.44. The summed E-state index contributed by atoms with van der Waals surface area (Å²) in [4.78, 5) is 4.49. The molecule has 4 nitrogen and oxygen atoms in total. The average molecular weight is 244 g/mol. The first-order chi connectivity index (χ1) is 8.36. The molecule has 0 fully saturated rings. The number of rotatable bonds is 3. The summed E-state index contributed by atoms with van der Waals surface area (Å²) in [6, 6.07) is 12.0. The van der Waals surface area contributed by atoms with E-state index < -0.39 is 0 Å². The lowest BCUT2D eigenvalue weighted by atomic mass is 10.2. The molecule has 0 aliphatic heterocycles. The minimum atomic E-state index is 0.755. The van der Waals surface area contributed by atoms with Crippen LogP contribution in [0.2, 0.25) is 0 Å². The molecule has 17 heavy (non-hydrogen) atoms. The van der Waals surface area contributed by atoms with E-state index in [1.165, 1.54) is 0 Å². The highest BCUT2D eigenvalue weighted by Crippen LogP contribution is 2.20. The predicted molar refractivity (Wildman–Crippen MR) is 69.2 cm³/mol. The molecule has 0 saturated heterocycles. The SMILES string of the molecule is CCSc1cc2nc(-c3ccccc3)nn2[nH]1. The van der Waals surface area contributed by atoms with E-state index in [2.05, 4.69) is 22.1 Å². The molecule has 0 radical (unpaired) electrons. The summed E-state index contributed by atoms with van der Waals surface area (Å²) < 4.78 is 1.72. The lowest BCUT2D eigenvalue weighted by Gasteiger charge is -1.92. The largest absolute Gasteiger partial charge is 0.270 e. The van der Waals surface area contributed by atoms with Crippen molar-refractivity contribution in [2.24, 2.45) is 0 Å². The maximum Gasteiger partial charge on any atom is 0.183 e. The van der Waals surface area contributed by atoms with Gasteiger partial charge in [0, 0.05) is 11.6 Å². The zero-order valence-electron chi connectivity index (χ0n) is 9.42. The highest BCUT2D eigenvalue weighted by Gasteiger charge is 2.08. The smallest absolute Gasteiger partial charge is 0.183 e. The molecule has 0 saturated carbocycles. The summed E-state index contributed by atoms with van der Waals surface area (Å²) in [5, 5.41) is 8.71. The summed E-state index contributed by atoms with van der Waals surface area (Å²) in [6.07, 6.45) is 0. The molecule has 0 aliphatic rings. The topological polar surface area (TPSA) is 46.0 Å². The van der Waals surface area contributed by atoms with Gasteiger partial charge in [0.05, 0.1) is 5.03 Å². The molecule has 0 bridgehead atoms. The molecule has 0 atom stereocenters. The van der Waals surface area contributed by atoms with Gasteiger partial charge in [-0.3, -0.25) is 5.10 Å². The Kier molecular flexibility index (Phi) is 2.60. The van der Waals surface area contributed by atoms with Gasteiger partial charge in [-0.1, -0.05) is 37.3 Å². The fourth-order valence-corrected chi connectivity index (χ4v) is 2.34. The maximum atomic E-state index is 4.49. The summed E-state index contributed by atoms with van der Waals surface area (Å²) in [7, 11) is 0. The highest BCUT2D eigenvalue weighted by atomic mass is 32.2. The molecule has 5 heteroatoms. The number of hydrogen-bond donors (Lipinski definition) is 1. The zero-order valence-corrected chi connectivity index (χ0v) is 10.2. The highest BCUT2D eigenvalue weighted by molar-refractivity contribution is 7.99. The normalized spacial score (nSPS) is 11.1. The van der Waals surface area contributed by atoms with E-state index in [1.807, 2.05) is 36.4 Å². The fourth-order valence-electron chi connectivity index (χ4n) is 1.69. The van der Waals surface area contributed by atoms with E-state index in [0.29, 0.717) is 0 Å². The Morgan fingerprint density at radius 2 is 2.12 bits per heavy atom. The van der Waals surface area contributed by atoms with Crippen molar-refractivity contribution in [3.63, 3.8) is 0 Å². The molecule has 0 unspecified atom stereocenters. The van der Waals surface area contributed by atoms with Gasteiger partial charge in [-0.25, -0.2) is 4.98 Å². The molecule has 0 spiro atoms. The summed E-state index contributed by atoms with van der Waals surface area (Å²) in [5.74, 6) is 1.79. The molecule has 0 amide bonds. The van der Waals surface area contributed by atoms with Crippen LogP contribution in [0, 0.1) is 0 Å². The van der Waals surface area contributed by atoms with Crippen molar-refractivity contribution in [3.05, 3.63) is 36.4 Å². The van der Waals surface area contributed by atoms with Crippen LogP contribution in [0.15, 0.2) is 41.4 Å². The van der Waals surface area contributed by atoms with Crippen molar-refractivity contribution in [2.75, 3.05) is 5.75 Å². The van der Waals surface area contributed by atoms with Gasteiger partial charge in [-0.05, 0) is 5.75 Å². The molecule has 3 aromatic rings. The molecule has 2 heterocycles. The van der Waals surface area contributed by atoms with Gasteiger partial charge in [0.1, 0.15) is 0 Å². The van der Waals surface area contributed by atoms with Crippen molar-refractivity contribution in [1.29, 1.82) is 0 Å². The van der Waals surface area contributed by atoms with Crippen LogP contribution in [-0.2, 0) is 0 Å². The van der Waals surface area contributed by atoms with Crippen LogP contribution in [-0.4, -0.2) is 25.6 Å². The van der Waals surface area contributed by atoms with Crippen LogP contribution >= 0.6 is 11.8 Å². The van der Waals surface area contributed by atoms with Crippen LogP contribution in [0.3, 0.4) is 0 Å². The first-order valence-electron chi connectivity index (χ1n) is 5.51. The van der Waals surface area contributed by atoms with Crippen molar-refractivity contribution >= 4 is 17.4 Å². The molecule has 1 N–H and O–H groups in total. The minimum Gasteiger partial charge on any atom is -0.270 e. The van der Waals surface area contributed by atoms with Crippen molar-refractivity contribution < 1.29 is 0 Å². The molecule has 1 aromatic carbocycles. The fraction of sp³-hybridized carbons (Fsp3) is 0.167. The van der Waals surface area contributed by atoms with E-state index in [-0.39, 0.29) is 0 Å². The van der Waals surface area contributed by atoms with Crippen molar-refractivity contribution in [1.82, 2.24) is 19.8 Å². The Morgan fingerprint density at radius 1 is 1.29 bits per heavy atom. The quantitative estimate of drug-likeness (QED) is 0.721. The Balaban J connectivity index is 2.01. The van der Waals surface area contributed by atoms with E-state index in [1.54, 1.807) is 16.4 Å². The monoisotopic (exact) mass is 244 g/mol. The zero-order chi connectivity index (χ0) is 11.7. The lowest BCUT2D eigenvalue weighted by molar-refractivity contribution is 0.788. The number of aromatic amines is 1. The Hall–Kier alpha value is -1.75. The van der Waals surface area contributed by atoms with Crippen molar-refractivity contribution in [3.8, 4) is 11.4 Å². The third kappa shape index (κ3) is 1.93. The molecule has 3 rings (SSSR count). The van der Waals surface area contributed by atoms with Gasteiger partial charge in [0.2, 0.25) is 0 Å². The van der Waals surface area contributed by atoms with Gasteiger partial charge in [-0.2, -0.15) is 4.63 Å². The van der Waals surface area contributed by atoms with Crippen LogP contribution < -0.4 is 0 Å². The number of fused-ring (bicyclic) bond motifs is 1. The predicted octanol–water partition coefficient (Wildman–Crippen LogP) is 2.84. The average Bonchev–Trinajstić information content (AvgIpc) is 2.88. The van der Waals surface area contributed by atoms with Gasteiger partial charge < -0.3 is 0 Å². The second kappa shape index (κ2) is 4.25. The third-order valence-corrected chi connectivity index (χ3v) is 3.25. The standard InChI is InChI=1S/C12H12N4S/c1-2-17-11-8-10-13-12(15-16(10)14-11)9-6-4-3-5-7-9/h3-8,14H,2H2,1H3. The van der Waals surface area contributed by atoms with Gasteiger partial charge in [0.15, 0.2) is 11.5 Å². The van der Waals surface area contributed by atoms with Gasteiger partial charge >= 0.3 is 0 Å². The number of H-pyrrole nitrogens is 1. The summed E-state index contributed by atoms with van der Waals surface area (Å²) in [6.45, 7) is 2.12. The number of nitrogens with one attached hydrogen (secondary N) is 1. The Labute approximate surface area is 103 Å². The maximum absolute atomic E-state index is 4.49. The molecular weight excluding hydrogens is 232 g/mol. The molecule has 0 aliphatic carbocycles. The first-order valence-corrected chi connectivity index (χ1v) is 6.49. The second-order valence-corrected chi connectivity index (χ2v) is 4.93. The Morgan fingerprint density at radius 3 is 2.82 bits per heavy atom. The van der Waals surface area contributed by atoms with E-state index in [0.717, 1.165) is 27.8 Å². The number of hydrogen-bond acceptors (Lipinski definition) is 3. The summed E-state index contributed by atoms with van der Waals surface area (Å²) >= 11 is 1.75. The molecule has 86 valence electrons. The van der Waals surface area contributed by atoms with Crippen molar-refractivity contribution in [2.45, 2.75) is 11.9 Å². The minimum absolute atomic E-state index is 0.755. The molecular formula is C12H12N4S.